The lowest BCUT2D eigenvalue weighted by molar-refractivity contribution is 0.112. The molecule has 3 heteroatoms. The van der Waals surface area contributed by atoms with E-state index in [4.69, 9.17) is 0 Å². The smallest absolute Gasteiger partial charge is 0.150 e. The van der Waals surface area contributed by atoms with E-state index in [2.05, 4.69) is 52.3 Å². The van der Waals surface area contributed by atoms with Crippen molar-refractivity contribution in [3.05, 3.63) is 45.5 Å². The van der Waals surface area contributed by atoms with E-state index in [9.17, 15) is 4.79 Å². The van der Waals surface area contributed by atoms with Gasteiger partial charge in [0.2, 0.25) is 0 Å². The van der Waals surface area contributed by atoms with Crippen LogP contribution in [-0.2, 0) is 6.54 Å². The van der Waals surface area contributed by atoms with Gasteiger partial charge >= 0.3 is 0 Å². The van der Waals surface area contributed by atoms with Crippen molar-refractivity contribution in [3.8, 4) is 0 Å². The molecule has 0 saturated carbocycles. The Morgan fingerprint density at radius 2 is 1.78 bits per heavy atom. The molecule has 2 nitrogen and oxygen atoms in total. The van der Waals surface area contributed by atoms with E-state index in [-0.39, 0.29) is 0 Å². The molecule has 0 atom stereocenters. The molecule has 0 N–H and O–H groups in total. The summed E-state index contributed by atoms with van der Waals surface area (Å²) in [7, 11) is 0. The van der Waals surface area contributed by atoms with Crippen molar-refractivity contribution in [2.45, 2.75) is 13.5 Å². The number of nitrogens with zero attached hydrogens (tertiary/aromatic N) is 1. The predicted molar refractivity (Wildman–Crippen MR) is 83.2 cm³/mol. The third-order valence-corrected chi connectivity index (χ3v) is 3.97. The molecule has 0 bridgehead atoms. The van der Waals surface area contributed by atoms with E-state index in [1.807, 2.05) is 18.2 Å². The number of fused-ring (bicyclic) bond motifs is 3. The lowest BCUT2D eigenvalue weighted by atomic mass is 10.1. The number of halogens is 1. The van der Waals surface area contributed by atoms with Crippen molar-refractivity contribution < 1.29 is 4.79 Å². The SMILES string of the molecule is CCn1c2ccc(I)cc2c2cc(C=O)ccc21. The molecular weight excluding hydrogens is 337 g/mol. The highest BCUT2D eigenvalue weighted by molar-refractivity contribution is 14.1. The van der Waals surface area contributed by atoms with Gasteiger partial charge in [0, 0.05) is 37.5 Å². The van der Waals surface area contributed by atoms with Gasteiger partial charge in [-0.2, -0.15) is 0 Å². The fourth-order valence-corrected chi connectivity index (χ4v) is 3.00. The van der Waals surface area contributed by atoms with E-state index in [0.717, 1.165) is 23.8 Å². The molecule has 0 unspecified atom stereocenters. The van der Waals surface area contributed by atoms with E-state index >= 15 is 0 Å². The molecule has 0 fully saturated rings. The molecule has 0 saturated heterocycles. The van der Waals surface area contributed by atoms with Crippen LogP contribution in [0.5, 0.6) is 0 Å². The van der Waals surface area contributed by atoms with Crippen LogP contribution in [0.2, 0.25) is 0 Å². The molecule has 0 aliphatic carbocycles. The molecule has 0 amide bonds. The van der Waals surface area contributed by atoms with Gasteiger partial charge in [-0.15, -0.1) is 0 Å². The van der Waals surface area contributed by atoms with Crippen molar-refractivity contribution >= 4 is 50.7 Å². The normalized spacial score (nSPS) is 11.2. The molecule has 0 aliphatic rings. The Kier molecular flexibility index (Phi) is 2.86. The fraction of sp³-hybridized carbons (Fsp3) is 0.133. The van der Waals surface area contributed by atoms with Crippen LogP contribution in [0, 0.1) is 3.57 Å². The molecule has 3 rings (SSSR count). The summed E-state index contributed by atoms with van der Waals surface area (Å²) in [6, 6.07) is 12.3. The molecular formula is C15H12INO. The molecule has 1 aromatic heterocycles. The Morgan fingerprint density at radius 1 is 1.11 bits per heavy atom. The van der Waals surface area contributed by atoms with Crippen molar-refractivity contribution in [2.75, 3.05) is 0 Å². The van der Waals surface area contributed by atoms with E-state index in [1.165, 1.54) is 20.0 Å². The second kappa shape index (κ2) is 4.39. The standard InChI is InChI=1S/C15H12INO/c1-2-17-14-5-3-10(9-18)7-12(14)13-8-11(16)4-6-15(13)17/h3-9H,2H2,1H3. The van der Waals surface area contributed by atoms with Crippen LogP contribution in [0.1, 0.15) is 17.3 Å². The predicted octanol–water partition coefficient (Wildman–Crippen LogP) is 4.23. The maximum absolute atomic E-state index is 10.9. The maximum Gasteiger partial charge on any atom is 0.150 e. The lowest BCUT2D eigenvalue weighted by Crippen LogP contribution is -1.92. The van der Waals surface area contributed by atoms with Crippen LogP contribution in [0.25, 0.3) is 21.8 Å². The lowest BCUT2D eigenvalue weighted by Gasteiger charge is -2.02. The Labute approximate surface area is 119 Å². The Bertz CT molecular complexity index is 758. The van der Waals surface area contributed by atoms with Gasteiger partial charge in [0.05, 0.1) is 0 Å². The number of aldehydes is 1. The molecule has 0 aliphatic heterocycles. The third-order valence-electron chi connectivity index (χ3n) is 3.30. The summed E-state index contributed by atoms with van der Waals surface area (Å²) in [5.41, 5.74) is 3.16. The summed E-state index contributed by atoms with van der Waals surface area (Å²) >= 11 is 2.32. The fourth-order valence-electron chi connectivity index (χ4n) is 2.51. The average molecular weight is 349 g/mol. The Morgan fingerprint density at radius 3 is 2.44 bits per heavy atom. The topological polar surface area (TPSA) is 22.0 Å². The van der Waals surface area contributed by atoms with Crippen molar-refractivity contribution in [1.29, 1.82) is 0 Å². The molecule has 0 spiro atoms. The number of benzene rings is 2. The second-order valence-electron chi connectivity index (χ2n) is 4.30. The number of hydrogen-bond donors (Lipinski definition) is 0. The average Bonchev–Trinajstić information content (AvgIpc) is 2.71. The number of carbonyl (C=O) groups excluding carboxylic acids is 1. The summed E-state index contributed by atoms with van der Waals surface area (Å²) in [5, 5.41) is 2.39. The first-order valence-electron chi connectivity index (χ1n) is 5.91. The van der Waals surface area contributed by atoms with Crippen molar-refractivity contribution in [3.63, 3.8) is 0 Å². The first-order chi connectivity index (χ1) is 8.74. The van der Waals surface area contributed by atoms with Crippen molar-refractivity contribution in [2.24, 2.45) is 0 Å². The van der Waals surface area contributed by atoms with Crippen LogP contribution in [0.15, 0.2) is 36.4 Å². The van der Waals surface area contributed by atoms with Gasteiger partial charge in [0.25, 0.3) is 0 Å². The second-order valence-corrected chi connectivity index (χ2v) is 5.55. The van der Waals surface area contributed by atoms with E-state index in [1.54, 1.807) is 0 Å². The van der Waals surface area contributed by atoms with Gasteiger partial charge < -0.3 is 4.57 Å². The molecule has 0 radical (unpaired) electrons. The van der Waals surface area contributed by atoms with Crippen LogP contribution < -0.4 is 0 Å². The molecule has 90 valence electrons. The largest absolute Gasteiger partial charge is 0.341 e. The molecule has 3 aromatic rings. The molecule has 1 heterocycles. The van der Waals surface area contributed by atoms with Crippen molar-refractivity contribution in [1.82, 2.24) is 4.57 Å². The van der Waals surface area contributed by atoms with Gasteiger partial charge in [-0.25, -0.2) is 0 Å². The number of carbonyl (C=O) groups is 1. The van der Waals surface area contributed by atoms with E-state index < -0.39 is 0 Å². The minimum atomic E-state index is 0.733. The first kappa shape index (κ1) is 11.7. The monoisotopic (exact) mass is 349 g/mol. The van der Waals surface area contributed by atoms with Gasteiger partial charge in [-0.3, -0.25) is 4.79 Å². The minimum Gasteiger partial charge on any atom is -0.341 e. The minimum absolute atomic E-state index is 0.733. The quantitative estimate of drug-likeness (QED) is 0.501. The van der Waals surface area contributed by atoms with Crippen LogP contribution in [0.4, 0.5) is 0 Å². The zero-order valence-corrected chi connectivity index (χ0v) is 12.1. The summed E-state index contributed by atoms with van der Waals surface area (Å²) in [5.74, 6) is 0. The molecule has 18 heavy (non-hydrogen) atoms. The van der Waals surface area contributed by atoms with Crippen LogP contribution >= 0.6 is 22.6 Å². The van der Waals surface area contributed by atoms with Crippen LogP contribution in [-0.4, -0.2) is 10.9 Å². The maximum atomic E-state index is 10.9. The summed E-state index contributed by atoms with van der Waals surface area (Å²) in [4.78, 5) is 10.9. The summed E-state index contributed by atoms with van der Waals surface area (Å²) in [6.45, 7) is 3.07. The number of rotatable bonds is 2. The highest BCUT2D eigenvalue weighted by Gasteiger charge is 2.10. The highest BCUT2D eigenvalue weighted by atomic mass is 127. The van der Waals surface area contributed by atoms with Gasteiger partial charge in [0.15, 0.2) is 0 Å². The summed E-state index contributed by atoms with van der Waals surface area (Å²) < 4.78 is 3.50. The first-order valence-corrected chi connectivity index (χ1v) is 6.99. The van der Waals surface area contributed by atoms with Gasteiger partial charge in [0.1, 0.15) is 6.29 Å². The summed E-state index contributed by atoms with van der Waals surface area (Å²) in [6.07, 6.45) is 0.905. The van der Waals surface area contributed by atoms with Gasteiger partial charge in [-0.05, 0) is 65.9 Å². The zero-order valence-electron chi connectivity index (χ0n) is 9.98. The number of hydrogen-bond acceptors (Lipinski definition) is 1. The number of aryl methyl sites for hydroxylation is 1. The Hall–Kier alpha value is -1.36. The third kappa shape index (κ3) is 1.65. The highest BCUT2D eigenvalue weighted by Crippen LogP contribution is 2.30. The Balaban J connectivity index is 2.53. The van der Waals surface area contributed by atoms with Gasteiger partial charge in [-0.1, -0.05) is 0 Å². The van der Waals surface area contributed by atoms with E-state index in [0.29, 0.717) is 0 Å². The van der Waals surface area contributed by atoms with Crippen LogP contribution in [0.3, 0.4) is 0 Å². The number of aromatic nitrogens is 1. The zero-order chi connectivity index (χ0) is 12.7. The molecule has 2 aromatic carbocycles.